The summed E-state index contributed by atoms with van der Waals surface area (Å²) in [6.07, 6.45) is 7.47. The normalized spacial score (nSPS) is 21.2. The Balaban J connectivity index is 1.30. The Labute approximate surface area is 180 Å². The molecule has 1 saturated heterocycles. The number of hydrogen-bond acceptors (Lipinski definition) is 8. The number of thiophene rings is 1. The smallest absolute Gasteiger partial charge is 0.243 e. The van der Waals surface area contributed by atoms with Crippen molar-refractivity contribution in [2.75, 3.05) is 31.1 Å². The van der Waals surface area contributed by atoms with Crippen LogP contribution in [0, 0.1) is 6.92 Å². The monoisotopic (exact) mass is 424 g/mol. The van der Waals surface area contributed by atoms with Gasteiger partial charge in [0.15, 0.2) is 5.82 Å². The van der Waals surface area contributed by atoms with Crippen molar-refractivity contribution in [2.45, 2.75) is 64.3 Å². The van der Waals surface area contributed by atoms with Crippen LogP contribution in [0.4, 0.5) is 5.82 Å². The molecule has 3 aromatic rings. The lowest BCUT2D eigenvalue weighted by Crippen LogP contribution is -2.47. The summed E-state index contributed by atoms with van der Waals surface area (Å²) in [6.45, 7) is 7.91. The number of anilines is 1. The van der Waals surface area contributed by atoms with E-state index >= 15 is 0 Å². The van der Waals surface area contributed by atoms with Crippen LogP contribution < -0.4 is 4.90 Å². The van der Waals surface area contributed by atoms with Crippen molar-refractivity contribution in [1.29, 1.82) is 0 Å². The Morgan fingerprint density at radius 2 is 1.83 bits per heavy atom. The minimum atomic E-state index is 0.148. The van der Waals surface area contributed by atoms with Gasteiger partial charge in [-0.1, -0.05) is 5.16 Å². The van der Waals surface area contributed by atoms with Crippen LogP contribution in [0.2, 0.25) is 0 Å². The van der Waals surface area contributed by atoms with Crippen molar-refractivity contribution < 1.29 is 4.52 Å². The van der Waals surface area contributed by atoms with Crippen molar-refractivity contribution in [3.8, 4) is 0 Å². The summed E-state index contributed by atoms with van der Waals surface area (Å²) in [6, 6.07) is 0.148. The number of aromatic nitrogens is 4. The standard InChI is InChI=1S/C22H28N6OS/c1-13(21-23-14(2)26-29-21)27-9-11-28(12-10-27)20-18-16-5-3-4-6-17(16)30-22(18)25-19(24-20)15-7-8-15/h13,15H,3-12H2,1-2H3. The molecular weight excluding hydrogens is 396 g/mol. The number of fused-ring (bicyclic) bond motifs is 3. The summed E-state index contributed by atoms with van der Waals surface area (Å²) in [4.78, 5) is 22.3. The molecule has 8 heteroatoms. The molecule has 1 aliphatic heterocycles. The lowest BCUT2D eigenvalue weighted by Gasteiger charge is -2.37. The lowest BCUT2D eigenvalue weighted by atomic mass is 9.96. The maximum absolute atomic E-state index is 5.41. The molecule has 0 amide bonds. The van der Waals surface area contributed by atoms with E-state index in [9.17, 15) is 0 Å². The molecule has 2 aliphatic carbocycles. The minimum absolute atomic E-state index is 0.148. The second-order valence-corrected chi connectivity index (χ2v) is 10.0. The molecule has 2 fully saturated rings. The highest BCUT2D eigenvalue weighted by Crippen LogP contribution is 2.44. The minimum Gasteiger partial charge on any atom is -0.353 e. The summed E-state index contributed by atoms with van der Waals surface area (Å²) in [7, 11) is 0. The van der Waals surface area contributed by atoms with Crippen LogP contribution >= 0.6 is 11.3 Å². The fraction of sp³-hybridized carbons (Fsp3) is 0.636. The van der Waals surface area contributed by atoms with E-state index in [1.807, 2.05) is 18.3 Å². The first-order chi connectivity index (χ1) is 14.7. The van der Waals surface area contributed by atoms with Gasteiger partial charge in [0.25, 0.3) is 0 Å². The molecule has 3 aromatic heterocycles. The summed E-state index contributed by atoms with van der Waals surface area (Å²) in [5.74, 6) is 4.27. The molecule has 0 spiro atoms. The Morgan fingerprint density at radius 3 is 2.57 bits per heavy atom. The topological polar surface area (TPSA) is 71.2 Å². The molecule has 6 rings (SSSR count). The summed E-state index contributed by atoms with van der Waals surface area (Å²) < 4.78 is 5.41. The van der Waals surface area contributed by atoms with Crippen molar-refractivity contribution >= 4 is 27.4 Å². The van der Waals surface area contributed by atoms with E-state index in [4.69, 9.17) is 14.5 Å². The number of piperazine rings is 1. The van der Waals surface area contributed by atoms with Crippen molar-refractivity contribution in [2.24, 2.45) is 0 Å². The Morgan fingerprint density at radius 1 is 1.03 bits per heavy atom. The van der Waals surface area contributed by atoms with E-state index in [2.05, 4.69) is 26.9 Å². The zero-order valence-corrected chi connectivity index (χ0v) is 18.5. The molecular formula is C22H28N6OS. The Kier molecular flexibility index (Phi) is 4.53. The summed E-state index contributed by atoms with van der Waals surface area (Å²) >= 11 is 1.93. The van der Waals surface area contributed by atoms with E-state index in [1.54, 1.807) is 4.88 Å². The predicted molar refractivity (Wildman–Crippen MR) is 117 cm³/mol. The maximum Gasteiger partial charge on any atom is 0.243 e. The molecule has 0 radical (unpaired) electrons. The Bertz CT molecular complexity index is 1080. The molecule has 0 aromatic carbocycles. The van der Waals surface area contributed by atoms with Gasteiger partial charge in [-0.15, -0.1) is 11.3 Å². The van der Waals surface area contributed by atoms with Gasteiger partial charge in [-0.25, -0.2) is 9.97 Å². The van der Waals surface area contributed by atoms with E-state index < -0.39 is 0 Å². The maximum atomic E-state index is 5.41. The van der Waals surface area contributed by atoms with Gasteiger partial charge in [0, 0.05) is 37.0 Å². The zero-order chi connectivity index (χ0) is 20.2. The first-order valence-corrected chi connectivity index (χ1v) is 12.1. The quantitative estimate of drug-likeness (QED) is 0.626. The zero-order valence-electron chi connectivity index (χ0n) is 17.7. The number of rotatable bonds is 4. The van der Waals surface area contributed by atoms with Gasteiger partial charge >= 0.3 is 0 Å². The molecule has 0 bridgehead atoms. The van der Waals surface area contributed by atoms with Crippen molar-refractivity contribution in [3.05, 3.63) is 28.0 Å². The lowest BCUT2D eigenvalue weighted by molar-refractivity contribution is 0.164. The largest absolute Gasteiger partial charge is 0.353 e. The molecule has 1 unspecified atom stereocenters. The molecule has 3 aliphatic rings. The first-order valence-electron chi connectivity index (χ1n) is 11.3. The molecule has 158 valence electrons. The van der Waals surface area contributed by atoms with Crippen LogP contribution in [0.15, 0.2) is 4.52 Å². The van der Waals surface area contributed by atoms with Gasteiger partial charge in [0.2, 0.25) is 5.89 Å². The van der Waals surface area contributed by atoms with Crippen LogP contribution in [-0.4, -0.2) is 51.2 Å². The average Bonchev–Trinajstić information content (AvgIpc) is 3.43. The fourth-order valence-electron chi connectivity index (χ4n) is 4.87. The third kappa shape index (κ3) is 3.21. The summed E-state index contributed by atoms with van der Waals surface area (Å²) in [5, 5.41) is 5.31. The highest BCUT2D eigenvalue weighted by atomic mass is 32.1. The number of hydrogen-bond donors (Lipinski definition) is 0. The molecule has 7 nitrogen and oxygen atoms in total. The fourth-order valence-corrected chi connectivity index (χ4v) is 6.13. The first kappa shape index (κ1) is 18.7. The molecule has 0 N–H and O–H groups in total. The SMILES string of the molecule is Cc1noc(C(C)N2CCN(c3nc(C4CC4)nc4sc5c(c34)CCCC5)CC2)n1. The van der Waals surface area contributed by atoms with Crippen LogP contribution in [0.3, 0.4) is 0 Å². The predicted octanol–water partition coefficient (Wildman–Crippen LogP) is 4.02. The van der Waals surface area contributed by atoms with Gasteiger partial charge in [-0.2, -0.15) is 4.98 Å². The number of aryl methyl sites for hydroxylation is 3. The van der Waals surface area contributed by atoms with Crippen molar-refractivity contribution in [3.63, 3.8) is 0 Å². The van der Waals surface area contributed by atoms with Gasteiger partial charge in [0.05, 0.1) is 11.4 Å². The van der Waals surface area contributed by atoms with Crippen LogP contribution in [-0.2, 0) is 12.8 Å². The van der Waals surface area contributed by atoms with Gasteiger partial charge in [-0.05, 0) is 57.9 Å². The average molecular weight is 425 g/mol. The van der Waals surface area contributed by atoms with E-state index in [0.29, 0.717) is 17.6 Å². The van der Waals surface area contributed by atoms with E-state index in [1.165, 1.54) is 60.1 Å². The molecule has 1 atom stereocenters. The summed E-state index contributed by atoms with van der Waals surface area (Å²) in [5.41, 5.74) is 1.54. The van der Waals surface area contributed by atoms with Crippen LogP contribution in [0.5, 0.6) is 0 Å². The van der Waals surface area contributed by atoms with Gasteiger partial charge in [-0.3, -0.25) is 4.90 Å². The molecule has 1 saturated carbocycles. The Hall–Kier alpha value is -2.06. The van der Waals surface area contributed by atoms with E-state index in [0.717, 1.165) is 32.0 Å². The van der Waals surface area contributed by atoms with Crippen LogP contribution in [0.1, 0.15) is 72.5 Å². The molecule has 4 heterocycles. The highest BCUT2D eigenvalue weighted by Gasteiger charge is 2.32. The van der Waals surface area contributed by atoms with E-state index in [-0.39, 0.29) is 6.04 Å². The van der Waals surface area contributed by atoms with Crippen LogP contribution in [0.25, 0.3) is 10.2 Å². The second kappa shape index (κ2) is 7.27. The highest BCUT2D eigenvalue weighted by molar-refractivity contribution is 7.19. The van der Waals surface area contributed by atoms with Crippen molar-refractivity contribution in [1.82, 2.24) is 25.0 Å². The molecule has 30 heavy (non-hydrogen) atoms. The number of nitrogens with zero attached hydrogens (tertiary/aromatic N) is 6. The third-order valence-electron chi connectivity index (χ3n) is 6.82. The van der Waals surface area contributed by atoms with Gasteiger partial charge < -0.3 is 9.42 Å². The third-order valence-corrected chi connectivity index (χ3v) is 8.00. The second-order valence-electron chi connectivity index (χ2n) is 8.95. The van der Waals surface area contributed by atoms with Gasteiger partial charge in [0.1, 0.15) is 16.5 Å².